The monoisotopic (exact) mass is 180 g/mol. The van der Waals surface area contributed by atoms with Gasteiger partial charge in [-0.15, -0.1) is 0 Å². The van der Waals surface area contributed by atoms with Crippen LogP contribution in [-0.2, 0) is 4.79 Å². The Kier molecular flexibility index (Phi) is 6.51. The van der Waals surface area contributed by atoms with E-state index in [2.05, 4.69) is 16.9 Å². The number of hydrogen-bond donors (Lipinski definition) is 1. The van der Waals surface area contributed by atoms with Crippen LogP contribution in [0.25, 0.3) is 0 Å². The molecule has 3 heteroatoms. The lowest BCUT2D eigenvalue weighted by atomic mass is 10.3. The highest BCUT2D eigenvalue weighted by Crippen LogP contribution is 1.90. The van der Waals surface area contributed by atoms with Gasteiger partial charge < -0.3 is 5.32 Å². The van der Waals surface area contributed by atoms with E-state index in [0.717, 1.165) is 12.1 Å². The van der Waals surface area contributed by atoms with Gasteiger partial charge in [0.1, 0.15) is 0 Å². The van der Waals surface area contributed by atoms with Gasteiger partial charge in [0.2, 0.25) is 5.91 Å². The van der Waals surface area contributed by atoms with Gasteiger partial charge in [0.15, 0.2) is 0 Å². The highest BCUT2D eigenvalue weighted by Gasteiger charge is 1.97. The van der Waals surface area contributed by atoms with E-state index in [1.807, 2.05) is 13.8 Å². The van der Waals surface area contributed by atoms with Crippen molar-refractivity contribution in [3.63, 3.8) is 0 Å². The third kappa shape index (κ3) is 7.00. The number of carbonyl (C=O) groups is 1. The van der Waals surface area contributed by atoms with Gasteiger partial charge in [-0.3, -0.25) is 9.79 Å². The number of amides is 1. The maximum absolute atomic E-state index is 11.1. The Hall–Kier alpha value is -1.38. The Bertz CT molecular complexity index is 229. The molecule has 0 aliphatic heterocycles. The Labute approximate surface area is 79.3 Å². The number of hydrogen-bond acceptors (Lipinski definition) is 2. The van der Waals surface area contributed by atoms with Crippen LogP contribution in [0.5, 0.6) is 0 Å². The second-order valence-corrected chi connectivity index (χ2v) is 2.63. The first-order valence-corrected chi connectivity index (χ1v) is 4.31. The summed E-state index contributed by atoms with van der Waals surface area (Å²) in [6.07, 6.45) is 6.19. The maximum Gasteiger partial charge on any atom is 0.224 e. The molecule has 0 aliphatic rings. The number of rotatable bonds is 5. The molecule has 13 heavy (non-hydrogen) atoms. The first-order valence-electron chi connectivity index (χ1n) is 4.31. The molecule has 0 fully saturated rings. The molecule has 0 aromatic carbocycles. The van der Waals surface area contributed by atoms with Gasteiger partial charge in [0, 0.05) is 24.5 Å². The normalized spacial score (nSPS) is 11.7. The summed E-state index contributed by atoms with van der Waals surface area (Å²) < 4.78 is 0. The number of carbonyl (C=O) groups excluding carboxylic acids is 1. The molecule has 1 N–H and O–H groups in total. The standard InChI is InChI=1S/C10H16N2O/c1-4-6-10(13)12-9(3)7-8-11-5-2/h5,7-8H,2,4,6H2,1,3H3,(H,12,13)/b9-7+,11-8-. The van der Waals surface area contributed by atoms with Crippen LogP contribution in [0.3, 0.4) is 0 Å². The lowest BCUT2D eigenvalue weighted by Crippen LogP contribution is -2.20. The lowest BCUT2D eigenvalue weighted by Gasteiger charge is -2.01. The highest BCUT2D eigenvalue weighted by molar-refractivity contribution is 5.80. The molecule has 0 aromatic rings. The van der Waals surface area contributed by atoms with E-state index >= 15 is 0 Å². The van der Waals surface area contributed by atoms with E-state index in [1.54, 1.807) is 12.3 Å². The minimum atomic E-state index is 0.0447. The Morgan fingerprint density at radius 1 is 1.62 bits per heavy atom. The van der Waals surface area contributed by atoms with Gasteiger partial charge in [-0.05, 0) is 19.4 Å². The van der Waals surface area contributed by atoms with Crippen LogP contribution in [0.2, 0.25) is 0 Å². The van der Waals surface area contributed by atoms with E-state index in [-0.39, 0.29) is 5.91 Å². The summed E-state index contributed by atoms with van der Waals surface area (Å²) in [5, 5.41) is 2.74. The molecule has 0 saturated heterocycles. The Morgan fingerprint density at radius 2 is 2.31 bits per heavy atom. The molecular weight excluding hydrogens is 164 g/mol. The molecule has 3 nitrogen and oxygen atoms in total. The summed E-state index contributed by atoms with van der Waals surface area (Å²) in [7, 11) is 0. The van der Waals surface area contributed by atoms with Crippen molar-refractivity contribution < 1.29 is 4.79 Å². The molecule has 72 valence electrons. The summed E-state index contributed by atoms with van der Waals surface area (Å²) in [6.45, 7) is 7.23. The fourth-order valence-corrected chi connectivity index (χ4v) is 0.767. The van der Waals surface area contributed by atoms with Gasteiger partial charge in [0.05, 0.1) is 0 Å². The first kappa shape index (κ1) is 11.6. The molecule has 0 unspecified atom stereocenters. The van der Waals surface area contributed by atoms with Crippen molar-refractivity contribution in [2.75, 3.05) is 0 Å². The van der Waals surface area contributed by atoms with Crippen molar-refractivity contribution in [3.05, 3.63) is 24.6 Å². The van der Waals surface area contributed by atoms with Gasteiger partial charge in [-0.2, -0.15) is 0 Å². The predicted octanol–water partition coefficient (Wildman–Crippen LogP) is 2.02. The van der Waals surface area contributed by atoms with Crippen molar-refractivity contribution in [2.24, 2.45) is 4.99 Å². The largest absolute Gasteiger partial charge is 0.330 e. The topological polar surface area (TPSA) is 41.5 Å². The van der Waals surface area contributed by atoms with Crippen LogP contribution in [0, 0.1) is 0 Å². The Balaban J connectivity index is 3.90. The number of allylic oxidation sites excluding steroid dienone is 2. The van der Waals surface area contributed by atoms with Crippen LogP contribution >= 0.6 is 0 Å². The summed E-state index contributed by atoms with van der Waals surface area (Å²) in [6, 6.07) is 0. The number of nitrogens with zero attached hydrogens (tertiary/aromatic N) is 1. The van der Waals surface area contributed by atoms with Crippen molar-refractivity contribution >= 4 is 12.1 Å². The zero-order valence-corrected chi connectivity index (χ0v) is 8.21. The van der Waals surface area contributed by atoms with E-state index in [9.17, 15) is 4.79 Å². The molecule has 0 radical (unpaired) electrons. The van der Waals surface area contributed by atoms with E-state index in [0.29, 0.717) is 6.42 Å². The molecule has 0 atom stereocenters. The third-order valence-electron chi connectivity index (χ3n) is 1.33. The van der Waals surface area contributed by atoms with Crippen molar-refractivity contribution in [1.29, 1.82) is 0 Å². The van der Waals surface area contributed by atoms with E-state index in [1.165, 1.54) is 6.20 Å². The molecule has 0 saturated carbocycles. The molecule has 0 bridgehead atoms. The summed E-state index contributed by atoms with van der Waals surface area (Å²) >= 11 is 0. The minimum Gasteiger partial charge on any atom is -0.330 e. The lowest BCUT2D eigenvalue weighted by molar-refractivity contribution is -0.120. The minimum absolute atomic E-state index is 0.0447. The summed E-state index contributed by atoms with van der Waals surface area (Å²) in [4.78, 5) is 14.8. The predicted molar refractivity (Wildman–Crippen MR) is 55.5 cm³/mol. The van der Waals surface area contributed by atoms with Gasteiger partial charge in [0.25, 0.3) is 0 Å². The van der Waals surface area contributed by atoms with Gasteiger partial charge in [-0.25, -0.2) is 0 Å². The van der Waals surface area contributed by atoms with Crippen LogP contribution in [0.1, 0.15) is 26.7 Å². The summed E-state index contributed by atoms with van der Waals surface area (Å²) in [5.41, 5.74) is 0.795. The number of aliphatic imine (C=N–C) groups is 1. The summed E-state index contributed by atoms with van der Waals surface area (Å²) in [5.74, 6) is 0.0447. The van der Waals surface area contributed by atoms with Gasteiger partial charge in [-0.1, -0.05) is 13.5 Å². The molecule has 0 spiro atoms. The first-order chi connectivity index (χ1) is 6.20. The fraction of sp³-hybridized carbons (Fsp3) is 0.400. The van der Waals surface area contributed by atoms with Gasteiger partial charge >= 0.3 is 0 Å². The number of nitrogens with one attached hydrogen (secondary N) is 1. The quantitative estimate of drug-likeness (QED) is 0.646. The average molecular weight is 180 g/mol. The average Bonchev–Trinajstić information content (AvgIpc) is 2.05. The van der Waals surface area contributed by atoms with E-state index < -0.39 is 0 Å². The fourth-order valence-electron chi connectivity index (χ4n) is 0.767. The second kappa shape index (κ2) is 7.28. The van der Waals surface area contributed by atoms with Crippen LogP contribution < -0.4 is 5.32 Å². The molecule has 0 heterocycles. The van der Waals surface area contributed by atoms with Crippen molar-refractivity contribution in [1.82, 2.24) is 5.32 Å². The zero-order valence-electron chi connectivity index (χ0n) is 8.21. The SMILES string of the molecule is C=C/N=C\C=C(/C)NC(=O)CCC. The smallest absolute Gasteiger partial charge is 0.224 e. The van der Waals surface area contributed by atoms with Crippen LogP contribution in [0.4, 0.5) is 0 Å². The third-order valence-corrected chi connectivity index (χ3v) is 1.33. The van der Waals surface area contributed by atoms with Crippen molar-refractivity contribution in [2.45, 2.75) is 26.7 Å². The van der Waals surface area contributed by atoms with Crippen LogP contribution in [-0.4, -0.2) is 12.1 Å². The van der Waals surface area contributed by atoms with E-state index in [4.69, 9.17) is 0 Å². The molecule has 0 aliphatic carbocycles. The molecule has 0 aromatic heterocycles. The molecule has 0 rings (SSSR count). The van der Waals surface area contributed by atoms with Crippen LogP contribution in [0.15, 0.2) is 29.5 Å². The van der Waals surface area contributed by atoms with Crippen molar-refractivity contribution in [3.8, 4) is 0 Å². The zero-order chi connectivity index (χ0) is 10.1. The second-order valence-electron chi connectivity index (χ2n) is 2.63. The molecule has 1 amide bonds. The maximum atomic E-state index is 11.1. The molecular formula is C10H16N2O. The Morgan fingerprint density at radius 3 is 2.85 bits per heavy atom. The highest BCUT2D eigenvalue weighted by atomic mass is 16.1.